The van der Waals surface area contributed by atoms with Crippen molar-refractivity contribution in [3.05, 3.63) is 47.7 Å². The number of anilines is 1. The van der Waals surface area contributed by atoms with Crippen LogP contribution in [0.4, 0.5) is 5.82 Å². The molecule has 31 heavy (non-hydrogen) atoms. The van der Waals surface area contributed by atoms with Crippen LogP contribution in [0, 0.1) is 0 Å². The lowest BCUT2D eigenvalue weighted by atomic mass is 9.92. The molecule has 1 N–H and O–H groups in total. The molecule has 0 spiro atoms. The molecule has 6 heteroatoms. The number of rotatable bonds is 7. The van der Waals surface area contributed by atoms with Gasteiger partial charge in [0.2, 0.25) is 11.8 Å². The standard InChI is InChI=1S/C25H38N4O2/c1-18(2)28(23(31)15-14-19-12-10-9-11-13-19)17-22(30)26-21-16-20(24(3,4)5)27-29(21)25(6,7)8/h9-13,16,18H,14-15,17H2,1-8H3,(H,26,30). The van der Waals surface area contributed by atoms with Crippen LogP contribution in [0.3, 0.4) is 0 Å². The first-order chi connectivity index (χ1) is 14.3. The van der Waals surface area contributed by atoms with Gasteiger partial charge in [0, 0.05) is 23.9 Å². The number of aryl methyl sites for hydroxylation is 1. The minimum atomic E-state index is -0.282. The molecule has 0 aliphatic heterocycles. The minimum Gasteiger partial charge on any atom is -0.331 e. The third-order valence-electron chi connectivity index (χ3n) is 5.11. The van der Waals surface area contributed by atoms with E-state index in [0.717, 1.165) is 11.3 Å². The average Bonchev–Trinajstić information content (AvgIpc) is 3.09. The first-order valence-corrected chi connectivity index (χ1v) is 11.0. The summed E-state index contributed by atoms with van der Waals surface area (Å²) in [4.78, 5) is 27.4. The normalized spacial score (nSPS) is 12.2. The van der Waals surface area contributed by atoms with Crippen molar-refractivity contribution in [3.63, 3.8) is 0 Å². The van der Waals surface area contributed by atoms with E-state index in [9.17, 15) is 9.59 Å². The predicted molar refractivity (Wildman–Crippen MR) is 126 cm³/mol. The molecular formula is C25H38N4O2. The number of carbonyl (C=O) groups is 2. The zero-order valence-electron chi connectivity index (χ0n) is 20.3. The third-order valence-corrected chi connectivity index (χ3v) is 5.11. The molecule has 1 aromatic carbocycles. The lowest BCUT2D eigenvalue weighted by molar-refractivity contribution is -0.136. The minimum absolute atomic E-state index is 0.0193. The summed E-state index contributed by atoms with van der Waals surface area (Å²) in [6.07, 6.45) is 1.04. The van der Waals surface area contributed by atoms with E-state index in [0.29, 0.717) is 18.7 Å². The Balaban J connectivity index is 2.11. The van der Waals surface area contributed by atoms with Gasteiger partial charge < -0.3 is 10.2 Å². The second kappa shape index (κ2) is 9.67. The molecule has 0 aliphatic carbocycles. The summed E-state index contributed by atoms with van der Waals surface area (Å²) in [5.74, 6) is 0.421. The van der Waals surface area contributed by atoms with Gasteiger partial charge in [-0.2, -0.15) is 5.10 Å². The lowest BCUT2D eigenvalue weighted by Crippen LogP contribution is -2.42. The SMILES string of the molecule is CC(C)N(CC(=O)Nc1cc(C(C)(C)C)nn1C(C)(C)C)C(=O)CCc1ccccc1. The fourth-order valence-electron chi connectivity index (χ4n) is 3.28. The topological polar surface area (TPSA) is 67.2 Å². The number of amides is 2. The van der Waals surface area contributed by atoms with Crippen molar-refractivity contribution < 1.29 is 9.59 Å². The molecule has 2 rings (SSSR count). The Labute approximate surface area is 187 Å². The van der Waals surface area contributed by atoms with E-state index >= 15 is 0 Å². The molecule has 0 saturated heterocycles. The Kier molecular flexibility index (Phi) is 7.68. The second-order valence-corrected chi connectivity index (χ2v) is 10.4. The van der Waals surface area contributed by atoms with Crippen molar-refractivity contribution in [2.45, 2.75) is 85.2 Å². The predicted octanol–water partition coefficient (Wildman–Crippen LogP) is 4.74. The highest BCUT2D eigenvalue weighted by Gasteiger charge is 2.27. The van der Waals surface area contributed by atoms with Crippen LogP contribution >= 0.6 is 0 Å². The van der Waals surface area contributed by atoms with Gasteiger partial charge in [-0.3, -0.25) is 9.59 Å². The van der Waals surface area contributed by atoms with Crippen LogP contribution < -0.4 is 5.32 Å². The zero-order valence-corrected chi connectivity index (χ0v) is 20.3. The van der Waals surface area contributed by atoms with E-state index < -0.39 is 0 Å². The summed E-state index contributed by atoms with van der Waals surface area (Å²) in [7, 11) is 0. The number of carbonyl (C=O) groups excluding carboxylic acids is 2. The van der Waals surface area contributed by atoms with Crippen LogP contribution in [0.15, 0.2) is 36.4 Å². The smallest absolute Gasteiger partial charge is 0.245 e. The number of hydrogen-bond donors (Lipinski definition) is 1. The van der Waals surface area contributed by atoms with Crippen molar-refractivity contribution in [1.29, 1.82) is 0 Å². The molecule has 2 aromatic rings. The maximum absolute atomic E-state index is 12.9. The molecular weight excluding hydrogens is 388 g/mol. The molecule has 0 fully saturated rings. The monoisotopic (exact) mass is 426 g/mol. The van der Waals surface area contributed by atoms with Gasteiger partial charge in [-0.1, -0.05) is 51.1 Å². The highest BCUT2D eigenvalue weighted by Crippen LogP contribution is 2.28. The Bertz CT molecular complexity index is 886. The Morgan fingerprint density at radius 1 is 1.06 bits per heavy atom. The molecule has 6 nitrogen and oxygen atoms in total. The lowest BCUT2D eigenvalue weighted by Gasteiger charge is -2.27. The van der Waals surface area contributed by atoms with Crippen molar-refractivity contribution >= 4 is 17.6 Å². The maximum atomic E-state index is 12.9. The van der Waals surface area contributed by atoms with Crippen molar-refractivity contribution in [2.24, 2.45) is 0 Å². The van der Waals surface area contributed by atoms with Gasteiger partial charge in [0.1, 0.15) is 12.4 Å². The van der Waals surface area contributed by atoms with E-state index in [4.69, 9.17) is 5.10 Å². The second-order valence-electron chi connectivity index (χ2n) is 10.4. The van der Waals surface area contributed by atoms with Crippen LogP contribution in [-0.2, 0) is 27.0 Å². The van der Waals surface area contributed by atoms with Crippen molar-refractivity contribution in [2.75, 3.05) is 11.9 Å². The number of benzene rings is 1. The maximum Gasteiger partial charge on any atom is 0.245 e. The highest BCUT2D eigenvalue weighted by molar-refractivity contribution is 5.94. The van der Waals surface area contributed by atoms with Crippen LogP contribution in [0.5, 0.6) is 0 Å². The summed E-state index contributed by atoms with van der Waals surface area (Å²) in [5.41, 5.74) is 1.62. The number of nitrogens with zero attached hydrogens (tertiary/aromatic N) is 3. The van der Waals surface area contributed by atoms with Crippen LogP contribution in [0.1, 0.15) is 73.1 Å². The number of hydrogen-bond acceptors (Lipinski definition) is 3. The molecule has 1 heterocycles. The van der Waals surface area contributed by atoms with E-state index in [1.807, 2.05) is 54.9 Å². The largest absolute Gasteiger partial charge is 0.331 e. The van der Waals surface area contributed by atoms with Gasteiger partial charge in [0.25, 0.3) is 0 Å². The van der Waals surface area contributed by atoms with Gasteiger partial charge in [0.05, 0.1) is 11.2 Å². The quantitative estimate of drug-likeness (QED) is 0.695. The first kappa shape index (κ1) is 24.6. The first-order valence-electron chi connectivity index (χ1n) is 11.0. The van der Waals surface area contributed by atoms with E-state index in [1.165, 1.54) is 0 Å². The molecule has 170 valence electrons. The molecule has 0 bridgehead atoms. The van der Waals surface area contributed by atoms with E-state index in [2.05, 4.69) is 46.9 Å². The van der Waals surface area contributed by atoms with Crippen LogP contribution in [0.2, 0.25) is 0 Å². The zero-order chi connectivity index (χ0) is 23.4. The van der Waals surface area contributed by atoms with Gasteiger partial charge in [-0.15, -0.1) is 0 Å². The third kappa shape index (κ3) is 6.94. The van der Waals surface area contributed by atoms with Gasteiger partial charge in [-0.05, 0) is 46.6 Å². The molecule has 0 unspecified atom stereocenters. The molecule has 0 saturated carbocycles. The summed E-state index contributed by atoms with van der Waals surface area (Å²) >= 11 is 0. The fourth-order valence-corrected chi connectivity index (χ4v) is 3.28. The summed E-state index contributed by atoms with van der Waals surface area (Å²) in [5, 5.41) is 7.73. The van der Waals surface area contributed by atoms with Crippen molar-refractivity contribution in [3.8, 4) is 0 Å². The molecule has 1 aromatic heterocycles. The average molecular weight is 427 g/mol. The molecule has 2 amide bonds. The fraction of sp³-hybridized carbons (Fsp3) is 0.560. The summed E-state index contributed by atoms with van der Waals surface area (Å²) < 4.78 is 1.85. The summed E-state index contributed by atoms with van der Waals surface area (Å²) in [6, 6.07) is 11.8. The van der Waals surface area contributed by atoms with E-state index in [-0.39, 0.29) is 35.4 Å². The number of nitrogens with one attached hydrogen (secondary N) is 1. The summed E-state index contributed by atoms with van der Waals surface area (Å²) in [6.45, 7) is 16.3. The van der Waals surface area contributed by atoms with Gasteiger partial charge in [-0.25, -0.2) is 4.68 Å². The molecule has 0 atom stereocenters. The highest BCUT2D eigenvalue weighted by atomic mass is 16.2. The van der Waals surface area contributed by atoms with Gasteiger partial charge >= 0.3 is 0 Å². The Morgan fingerprint density at radius 3 is 2.19 bits per heavy atom. The van der Waals surface area contributed by atoms with E-state index in [1.54, 1.807) is 4.90 Å². The van der Waals surface area contributed by atoms with Crippen LogP contribution in [0.25, 0.3) is 0 Å². The van der Waals surface area contributed by atoms with Gasteiger partial charge in [0.15, 0.2) is 0 Å². The van der Waals surface area contributed by atoms with Crippen LogP contribution in [-0.4, -0.2) is 39.1 Å². The molecule has 0 aliphatic rings. The number of aromatic nitrogens is 2. The molecule has 0 radical (unpaired) electrons. The Morgan fingerprint density at radius 2 is 1.68 bits per heavy atom. The Hall–Kier alpha value is -2.63. The van der Waals surface area contributed by atoms with Crippen molar-refractivity contribution in [1.82, 2.24) is 14.7 Å².